The highest BCUT2D eigenvalue weighted by atomic mass is 32.1. The van der Waals surface area contributed by atoms with Crippen LogP contribution in [0.15, 0.2) is 29.9 Å². The molecule has 0 fully saturated rings. The molecule has 1 aromatic heterocycles. The second kappa shape index (κ2) is 5.90. The van der Waals surface area contributed by atoms with Gasteiger partial charge in [-0.1, -0.05) is 12.1 Å². The van der Waals surface area contributed by atoms with Crippen LogP contribution in [0.25, 0.3) is 0 Å². The molecule has 4 nitrogen and oxygen atoms in total. The van der Waals surface area contributed by atoms with Crippen LogP contribution < -0.4 is 16.0 Å². The van der Waals surface area contributed by atoms with E-state index in [9.17, 15) is 4.39 Å². The molecule has 0 amide bonds. The SMILES string of the molecule is COc1cccc(CC(NN)c2cncs2)c1F. The summed E-state index contributed by atoms with van der Waals surface area (Å²) in [6, 6.07) is 4.93. The molecule has 2 rings (SSSR count). The van der Waals surface area contributed by atoms with Gasteiger partial charge in [-0.2, -0.15) is 0 Å². The highest BCUT2D eigenvalue weighted by Gasteiger charge is 2.16. The van der Waals surface area contributed by atoms with Crippen molar-refractivity contribution in [1.82, 2.24) is 10.4 Å². The number of methoxy groups -OCH3 is 1. The highest BCUT2D eigenvalue weighted by Crippen LogP contribution is 2.26. The molecular formula is C12H14FN3OS. The molecule has 2 aromatic rings. The van der Waals surface area contributed by atoms with Gasteiger partial charge in [0.25, 0.3) is 0 Å². The zero-order valence-corrected chi connectivity index (χ0v) is 10.7. The normalized spacial score (nSPS) is 12.4. The van der Waals surface area contributed by atoms with Crippen LogP contribution in [0.1, 0.15) is 16.5 Å². The van der Waals surface area contributed by atoms with Gasteiger partial charge in [0.1, 0.15) is 0 Å². The molecule has 0 aliphatic rings. The van der Waals surface area contributed by atoms with Crippen LogP contribution in [-0.2, 0) is 6.42 Å². The van der Waals surface area contributed by atoms with Crippen LogP contribution in [-0.4, -0.2) is 12.1 Å². The lowest BCUT2D eigenvalue weighted by Gasteiger charge is -2.15. The average molecular weight is 267 g/mol. The van der Waals surface area contributed by atoms with Gasteiger partial charge in [0.2, 0.25) is 0 Å². The van der Waals surface area contributed by atoms with Gasteiger partial charge in [-0.15, -0.1) is 11.3 Å². The highest BCUT2D eigenvalue weighted by molar-refractivity contribution is 7.09. The molecule has 0 spiro atoms. The second-order valence-corrected chi connectivity index (χ2v) is 4.68. The minimum Gasteiger partial charge on any atom is -0.494 e. The first-order chi connectivity index (χ1) is 8.76. The number of hydrogen-bond acceptors (Lipinski definition) is 5. The Labute approximate surface area is 109 Å². The lowest BCUT2D eigenvalue weighted by atomic mass is 10.0. The van der Waals surface area contributed by atoms with Crippen molar-refractivity contribution < 1.29 is 9.13 Å². The van der Waals surface area contributed by atoms with Crippen molar-refractivity contribution in [2.45, 2.75) is 12.5 Å². The quantitative estimate of drug-likeness (QED) is 0.643. The number of hydrogen-bond donors (Lipinski definition) is 2. The van der Waals surface area contributed by atoms with Crippen molar-refractivity contribution in [2.24, 2.45) is 5.84 Å². The smallest absolute Gasteiger partial charge is 0.168 e. The van der Waals surface area contributed by atoms with Crippen molar-refractivity contribution in [1.29, 1.82) is 0 Å². The topological polar surface area (TPSA) is 60.2 Å². The Bertz CT molecular complexity index is 504. The summed E-state index contributed by atoms with van der Waals surface area (Å²) in [5.41, 5.74) is 4.97. The average Bonchev–Trinajstić information content (AvgIpc) is 2.91. The van der Waals surface area contributed by atoms with E-state index in [-0.39, 0.29) is 17.6 Å². The first-order valence-electron chi connectivity index (χ1n) is 5.42. The second-order valence-electron chi connectivity index (χ2n) is 3.76. The molecule has 0 saturated heterocycles. The maximum absolute atomic E-state index is 14.0. The first-order valence-corrected chi connectivity index (χ1v) is 6.30. The summed E-state index contributed by atoms with van der Waals surface area (Å²) >= 11 is 1.48. The van der Waals surface area contributed by atoms with Gasteiger partial charge >= 0.3 is 0 Å². The lowest BCUT2D eigenvalue weighted by Crippen LogP contribution is -2.29. The number of benzene rings is 1. The molecule has 1 aromatic carbocycles. The molecule has 0 aliphatic carbocycles. The van der Waals surface area contributed by atoms with Gasteiger partial charge < -0.3 is 4.74 Å². The lowest BCUT2D eigenvalue weighted by molar-refractivity contribution is 0.382. The summed E-state index contributed by atoms with van der Waals surface area (Å²) in [5.74, 6) is 5.41. The molecule has 0 saturated carbocycles. The van der Waals surface area contributed by atoms with Gasteiger partial charge in [0, 0.05) is 11.1 Å². The molecule has 18 heavy (non-hydrogen) atoms. The van der Waals surface area contributed by atoms with E-state index in [1.165, 1.54) is 18.4 Å². The molecule has 0 radical (unpaired) electrons. The van der Waals surface area contributed by atoms with Gasteiger partial charge in [-0.3, -0.25) is 16.3 Å². The molecular weight excluding hydrogens is 253 g/mol. The third-order valence-electron chi connectivity index (χ3n) is 2.68. The Morgan fingerprint density at radius 1 is 1.56 bits per heavy atom. The van der Waals surface area contributed by atoms with Gasteiger partial charge in [0.05, 0.1) is 18.7 Å². The van der Waals surface area contributed by atoms with E-state index < -0.39 is 0 Å². The molecule has 1 unspecified atom stereocenters. The predicted molar refractivity (Wildman–Crippen MR) is 68.8 cm³/mol. The van der Waals surface area contributed by atoms with Crippen LogP contribution in [0.3, 0.4) is 0 Å². The van der Waals surface area contributed by atoms with Crippen molar-refractivity contribution in [2.75, 3.05) is 7.11 Å². The Morgan fingerprint density at radius 3 is 3.00 bits per heavy atom. The van der Waals surface area contributed by atoms with E-state index in [1.807, 2.05) is 0 Å². The Kier molecular flexibility index (Phi) is 4.24. The number of nitrogens with zero attached hydrogens (tertiary/aromatic N) is 1. The van der Waals surface area contributed by atoms with E-state index in [4.69, 9.17) is 10.6 Å². The summed E-state index contributed by atoms with van der Waals surface area (Å²) < 4.78 is 19.0. The summed E-state index contributed by atoms with van der Waals surface area (Å²) in [4.78, 5) is 4.97. The van der Waals surface area contributed by atoms with Crippen molar-refractivity contribution in [3.8, 4) is 5.75 Å². The van der Waals surface area contributed by atoms with Gasteiger partial charge in [0.15, 0.2) is 11.6 Å². The van der Waals surface area contributed by atoms with E-state index in [0.717, 1.165) is 4.88 Å². The van der Waals surface area contributed by atoms with Crippen molar-refractivity contribution in [3.63, 3.8) is 0 Å². The molecule has 1 heterocycles. The van der Waals surface area contributed by atoms with E-state index in [0.29, 0.717) is 12.0 Å². The number of nitrogens with two attached hydrogens (primary N) is 1. The third kappa shape index (κ3) is 2.66. The minimum absolute atomic E-state index is 0.154. The summed E-state index contributed by atoms with van der Waals surface area (Å²) in [6.45, 7) is 0. The fraction of sp³-hybridized carbons (Fsp3) is 0.250. The maximum Gasteiger partial charge on any atom is 0.168 e. The molecule has 6 heteroatoms. The number of rotatable bonds is 5. The summed E-state index contributed by atoms with van der Waals surface area (Å²) in [6.07, 6.45) is 2.18. The van der Waals surface area contributed by atoms with Gasteiger partial charge in [-0.25, -0.2) is 4.39 Å². The Balaban J connectivity index is 2.22. The molecule has 1 atom stereocenters. The summed E-state index contributed by atoms with van der Waals surface area (Å²) in [7, 11) is 1.45. The summed E-state index contributed by atoms with van der Waals surface area (Å²) in [5, 5.41) is 0. The molecule has 96 valence electrons. The maximum atomic E-state index is 14.0. The fourth-order valence-electron chi connectivity index (χ4n) is 1.73. The van der Waals surface area contributed by atoms with Crippen LogP contribution in [0.5, 0.6) is 5.75 Å². The standard InChI is InChI=1S/C12H14FN3OS/c1-17-10-4-2-3-8(12(10)13)5-9(16-14)11-6-15-7-18-11/h2-4,6-7,9,16H,5,14H2,1H3. The Hall–Kier alpha value is -1.50. The number of ether oxygens (including phenoxy) is 1. The molecule has 0 bridgehead atoms. The van der Waals surface area contributed by atoms with Crippen LogP contribution in [0.2, 0.25) is 0 Å². The van der Waals surface area contributed by atoms with E-state index >= 15 is 0 Å². The zero-order chi connectivity index (χ0) is 13.0. The monoisotopic (exact) mass is 267 g/mol. The van der Waals surface area contributed by atoms with Crippen LogP contribution in [0, 0.1) is 5.82 Å². The molecule has 0 aliphatic heterocycles. The molecule has 3 N–H and O–H groups in total. The zero-order valence-electron chi connectivity index (χ0n) is 9.89. The number of hydrazine groups is 1. The van der Waals surface area contributed by atoms with Crippen LogP contribution in [0.4, 0.5) is 4.39 Å². The largest absolute Gasteiger partial charge is 0.494 e. The fourth-order valence-corrected chi connectivity index (χ4v) is 2.41. The number of halogens is 1. The number of thiazole rings is 1. The predicted octanol–water partition coefficient (Wildman–Crippen LogP) is 2.04. The van der Waals surface area contributed by atoms with E-state index in [1.54, 1.807) is 29.9 Å². The minimum atomic E-state index is -0.343. The van der Waals surface area contributed by atoms with Crippen molar-refractivity contribution >= 4 is 11.3 Å². The van der Waals surface area contributed by atoms with Crippen molar-refractivity contribution in [3.05, 3.63) is 46.2 Å². The Morgan fingerprint density at radius 2 is 2.39 bits per heavy atom. The van der Waals surface area contributed by atoms with Gasteiger partial charge in [-0.05, 0) is 18.1 Å². The number of aromatic nitrogens is 1. The van der Waals surface area contributed by atoms with E-state index in [2.05, 4.69) is 10.4 Å². The third-order valence-corrected chi connectivity index (χ3v) is 3.57. The first kappa shape index (κ1) is 12.9. The number of nitrogens with one attached hydrogen (secondary N) is 1. The van der Waals surface area contributed by atoms with Crippen LogP contribution >= 0.6 is 11.3 Å².